The standard InChI is InChI=1S/C18H23N5O2/c1-12-20-17-5-3-15(11-23(17)22-12)21-18(24)19-8-6-13-2-4-16-14(10-13)7-9-25-16/h2,4,10,15H,3,5-9,11H2,1H3,(H2,19,21,24). The maximum absolute atomic E-state index is 12.1. The van der Waals surface area contributed by atoms with Gasteiger partial charge in [-0.3, -0.25) is 0 Å². The molecule has 4 rings (SSSR count). The topological polar surface area (TPSA) is 81.1 Å². The molecule has 0 aliphatic carbocycles. The second kappa shape index (κ2) is 6.74. The van der Waals surface area contributed by atoms with Gasteiger partial charge in [0.15, 0.2) is 0 Å². The molecule has 1 aromatic carbocycles. The van der Waals surface area contributed by atoms with Crippen LogP contribution in [0.3, 0.4) is 0 Å². The van der Waals surface area contributed by atoms with Gasteiger partial charge in [-0.1, -0.05) is 12.1 Å². The molecule has 2 amide bonds. The summed E-state index contributed by atoms with van der Waals surface area (Å²) in [5, 5.41) is 10.3. The van der Waals surface area contributed by atoms with Gasteiger partial charge in [-0.05, 0) is 37.0 Å². The van der Waals surface area contributed by atoms with Crippen LogP contribution in [0.2, 0.25) is 0 Å². The number of aromatic nitrogens is 3. The van der Waals surface area contributed by atoms with Gasteiger partial charge in [-0.2, -0.15) is 5.10 Å². The molecule has 0 spiro atoms. The van der Waals surface area contributed by atoms with Gasteiger partial charge in [0.2, 0.25) is 0 Å². The van der Waals surface area contributed by atoms with Crippen molar-refractivity contribution in [2.24, 2.45) is 0 Å². The zero-order valence-electron chi connectivity index (χ0n) is 14.4. The van der Waals surface area contributed by atoms with Crippen molar-refractivity contribution in [1.29, 1.82) is 0 Å². The van der Waals surface area contributed by atoms with E-state index < -0.39 is 0 Å². The van der Waals surface area contributed by atoms with E-state index in [1.807, 2.05) is 17.7 Å². The first kappa shape index (κ1) is 15.9. The average molecular weight is 341 g/mol. The first-order valence-electron chi connectivity index (χ1n) is 8.86. The number of ether oxygens (including phenoxy) is 1. The fraction of sp³-hybridized carbons (Fsp3) is 0.500. The number of carbonyl (C=O) groups is 1. The molecular formula is C18H23N5O2. The highest BCUT2D eigenvalue weighted by molar-refractivity contribution is 5.74. The smallest absolute Gasteiger partial charge is 0.315 e. The number of carbonyl (C=O) groups excluding carboxylic acids is 1. The number of rotatable bonds is 4. The number of hydrogen-bond acceptors (Lipinski definition) is 4. The Balaban J connectivity index is 1.23. The van der Waals surface area contributed by atoms with Crippen LogP contribution < -0.4 is 15.4 Å². The Labute approximate surface area is 146 Å². The predicted octanol–water partition coefficient (Wildman–Crippen LogP) is 1.38. The number of urea groups is 1. The Morgan fingerprint density at radius 2 is 2.32 bits per heavy atom. The fourth-order valence-electron chi connectivity index (χ4n) is 3.50. The minimum Gasteiger partial charge on any atom is -0.493 e. The SMILES string of the molecule is Cc1nc2n(n1)CC(NC(=O)NCCc1ccc3c(c1)CCO3)CC2. The normalized spacial score (nSPS) is 18.2. The fourth-order valence-corrected chi connectivity index (χ4v) is 3.50. The predicted molar refractivity (Wildman–Crippen MR) is 92.7 cm³/mol. The van der Waals surface area contributed by atoms with Crippen molar-refractivity contribution in [3.05, 3.63) is 41.0 Å². The number of nitrogens with one attached hydrogen (secondary N) is 2. The maximum atomic E-state index is 12.1. The second-order valence-electron chi connectivity index (χ2n) is 6.68. The molecule has 7 nitrogen and oxygen atoms in total. The Hall–Kier alpha value is -2.57. The summed E-state index contributed by atoms with van der Waals surface area (Å²) in [6.45, 7) is 3.97. The Bertz CT molecular complexity index is 786. The van der Waals surface area contributed by atoms with Crippen LogP contribution in [0.1, 0.15) is 29.2 Å². The molecule has 2 N–H and O–H groups in total. The number of amides is 2. The van der Waals surface area contributed by atoms with Gasteiger partial charge in [0.05, 0.1) is 19.2 Å². The first-order valence-corrected chi connectivity index (χ1v) is 8.86. The summed E-state index contributed by atoms with van der Waals surface area (Å²) in [4.78, 5) is 16.5. The number of fused-ring (bicyclic) bond motifs is 2. The highest BCUT2D eigenvalue weighted by Crippen LogP contribution is 2.25. The summed E-state index contributed by atoms with van der Waals surface area (Å²) in [5.74, 6) is 2.80. The molecule has 25 heavy (non-hydrogen) atoms. The van der Waals surface area contributed by atoms with Gasteiger partial charge in [0.1, 0.15) is 17.4 Å². The van der Waals surface area contributed by atoms with Gasteiger partial charge in [-0.15, -0.1) is 0 Å². The summed E-state index contributed by atoms with van der Waals surface area (Å²) in [5.41, 5.74) is 2.49. The number of hydrogen-bond donors (Lipinski definition) is 2. The van der Waals surface area contributed by atoms with E-state index in [9.17, 15) is 4.79 Å². The summed E-state index contributed by atoms with van der Waals surface area (Å²) in [7, 11) is 0. The van der Waals surface area contributed by atoms with E-state index in [2.05, 4.69) is 32.8 Å². The highest BCUT2D eigenvalue weighted by Gasteiger charge is 2.22. The molecule has 0 saturated carbocycles. The molecule has 2 aliphatic rings. The molecule has 1 atom stereocenters. The Kier molecular flexibility index (Phi) is 4.29. The molecule has 3 heterocycles. The molecule has 7 heteroatoms. The molecule has 132 valence electrons. The molecule has 1 unspecified atom stereocenters. The van der Waals surface area contributed by atoms with Crippen molar-refractivity contribution >= 4 is 6.03 Å². The highest BCUT2D eigenvalue weighted by atomic mass is 16.5. The van der Waals surface area contributed by atoms with Gasteiger partial charge < -0.3 is 15.4 Å². The lowest BCUT2D eigenvalue weighted by Gasteiger charge is -2.23. The number of aryl methyl sites for hydroxylation is 2. The Morgan fingerprint density at radius 3 is 3.24 bits per heavy atom. The van der Waals surface area contributed by atoms with Crippen molar-refractivity contribution in [3.8, 4) is 5.75 Å². The van der Waals surface area contributed by atoms with Crippen LogP contribution in [0.25, 0.3) is 0 Å². The second-order valence-corrected chi connectivity index (χ2v) is 6.68. The summed E-state index contributed by atoms with van der Waals surface area (Å²) < 4.78 is 7.42. The van der Waals surface area contributed by atoms with Crippen molar-refractivity contribution in [1.82, 2.24) is 25.4 Å². The molecule has 2 aromatic rings. The van der Waals surface area contributed by atoms with Gasteiger partial charge in [0.25, 0.3) is 0 Å². The molecule has 0 bridgehead atoms. The van der Waals surface area contributed by atoms with Crippen LogP contribution in [-0.4, -0.2) is 40.0 Å². The number of nitrogens with zero attached hydrogens (tertiary/aromatic N) is 3. The van der Waals surface area contributed by atoms with Crippen molar-refractivity contribution in [2.45, 2.75) is 45.2 Å². The first-order chi connectivity index (χ1) is 12.2. The summed E-state index contributed by atoms with van der Waals surface area (Å²) >= 11 is 0. The van der Waals surface area contributed by atoms with E-state index in [1.165, 1.54) is 11.1 Å². The Morgan fingerprint density at radius 1 is 1.40 bits per heavy atom. The van der Waals surface area contributed by atoms with Crippen molar-refractivity contribution in [2.75, 3.05) is 13.2 Å². The maximum Gasteiger partial charge on any atom is 0.315 e. The molecular weight excluding hydrogens is 318 g/mol. The van der Waals surface area contributed by atoms with E-state index in [-0.39, 0.29) is 12.1 Å². The van der Waals surface area contributed by atoms with Crippen molar-refractivity contribution < 1.29 is 9.53 Å². The van der Waals surface area contributed by atoms with E-state index in [0.29, 0.717) is 13.1 Å². The van der Waals surface area contributed by atoms with E-state index >= 15 is 0 Å². The molecule has 1 aromatic heterocycles. The van der Waals surface area contributed by atoms with E-state index in [4.69, 9.17) is 4.74 Å². The van der Waals surface area contributed by atoms with Crippen molar-refractivity contribution in [3.63, 3.8) is 0 Å². The van der Waals surface area contributed by atoms with Crippen LogP contribution >= 0.6 is 0 Å². The third kappa shape index (κ3) is 3.60. The summed E-state index contributed by atoms with van der Waals surface area (Å²) in [6, 6.07) is 6.26. The van der Waals surface area contributed by atoms with Gasteiger partial charge in [-0.25, -0.2) is 14.5 Å². The minimum atomic E-state index is -0.116. The number of benzene rings is 1. The molecule has 0 radical (unpaired) electrons. The quantitative estimate of drug-likeness (QED) is 0.880. The van der Waals surface area contributed by atoms with Gasteiger partial charge in [0, 0.05) is 19.4 Å². The largest absolute Gasteiger partial charge is 0.493 e. The van der Waals surface area contributed by atoms with E-state index in [1.54, 1.807) is 0 Å². The minimum absolute atomic E-state index is 0.103. The average Bonchev–Trinajstić information content (AvgIpc) is 3.19. The molecule has 0 fully saturated rings. The third-order valence-electron chi connectivity index (χ3n) is 4.75. The summed E-state index contributed by atoms with van der Waals surface area (Å²) in [6.07, 6.45) is 3.54. The van der Waals surface area contributed by atoms with Crippen LogP contribution in [0.4, 0.5) is 4.79 Å². The molecule has 0 saturated heterocycles. The lowest BCUT2D eigenvalue weighted by atomic mass is 10.1. The lowest BCUT2D eigenvalue weighted by Crippen LogP contribution is -2.46. The van der Waals surface area contributed by atoms with E-state index in [0.717, 1.165) is 49.7 Å². The lowest BCUT2D eigenvalue weighted by molar-refractivity contribution is 0.232. The van der Waals surface area contributed by atoms with Gasteiger partial charge >= 0.3 is 6.03 Å². The zero-order chi connectivity index (χ0) is 17.2. The van der Waals surface area contributed by atoms with Crippen LogP contribution in [0, 0.1) is 6.92 Å². The van der Waals surface area contributed by atoms with Crippen LogP contribution in [-0.2, 0) is 25.8 Å². The third-order valence-corrected chi connectivity index (χ3v) is 4.75. The molecule has 2 aliphatic heterocycles. The van der Waals surface area contributed by atoms with Crippen LogP contribution in [0.5, 0.6) is 5.75 Å². The monoisotopic (exact) mass is 341 g/mol. The zero-order valence-corrected chi connectivity index (χ0v) is 14.4. The van der Waals surface area contributed by atoms with Crippen LogP contribution in [0.15, 0.2) is 18.2 Å².